The van der Waals surface area contributed by atoms with E-state index in [-0.39, 0.29) is 5.78 Å². The van der Waals surface area contributed by atoms with E-state index in [0.29, 0.717) is 13.0 Å². The summed E-state index contributed by atoms with van der Waals surface area (Å²) < 4.78 is 6.03. The summed E-state index contributed by atoms with van der Waals surface area (Å²) in [5, 5.41) is 0. The molecule has 1 rings (SSSR count). The molecule has 1 aromatic rings. The predicted octanol–water partition coefficient (Wildman–Crippen LogP) is 2.94. The van der Waals surface area contributed by atoms with Crippen molar-refractivity contribution in [3.63, 3.8) is 0 Å². The van der Waals surface area contributed by atoms with E-state index in [9.17, 15) is 4.79 Å². The highest BCUT2D eigenvalue weighted by Crippen LogP contribution is 2.28. The number of hydrogen-bond acceptors (Lipinski definition) is 3. The molecule has 0 radical (unpaired) electrons. The van der Waals surface area contributed by atoms with Crippen molar-refractivity contribution in [3.8, 4) is 5.75 Å². The van der Waals surface area contributed by atoms with Crippen LogP contribution in [0.15, 0.2) is 22.7 Å². The Kier molecular flexibility index (Phi) is 5.35. The van der Waals surface area contributed by atoms with Crippen molar-refractivity contribution in [2.45, 2.75) is 26.7 Å². The van der Waals surface area contributed by atoms with Crippen LogP contribution in [0.5, 0.6) is 5.75 Å². The molecule has 0 fully saturated rings. The molecule has 3 nitrogen and oxygen atoms in total. The average molecular weight is 314 g/mol. The van der Waals surface area contributed by atoms with Gasteiger partial charge in [-0.3, -0.25) is 4.79 Å². The molecule has 1 atom stereocenters. The third-order valence-corrected chi connectivity index (χ3v) is 4.10. The molecule has 0 aliphatic rings. The number of halogens is 1. The van der Waals surface area contributed by atoms with Gasteiger partial charge in [0.25, 0.3) is 0 Å². The Balaban J connectivity index is 2.85. The average Bonchev–Trinajstić information content (AvgIpc) is 2.38. The van der Waals surface area contributed by atoms with E-state index in [4.69, 9.17) is 10.5 Å². The van der Waals surface area contributed by atoms with Gasteiger partial charge in [0.05, 0.1) is 11.6 Å². The van der Waals surface area contributed by atoms with Crippen molar-refractivity contribution >= 4 is 21.7 Å². The minimum Gasteiger partial charge on any atom is -0.496 e. The zero-order valence-electron chi connectivity index (χ0n) is 11.1. The van der Waals surface area contributed by atoms with Crippen LogP contribution in [0.1, 0.15) is 25.8 Å². The van der Waals surface area contributed by atoms with Crippen molar-refractivity contribution in [3.05, 3.63) is 28.2 Å². The second-order valence-electron chi connectivity index (χ2n) is 4.69. The van der Waals surface area contributed by atoms with Gasteiger partial charge >= 0.3 is 0 Å². The van der Waals surface area contributed by atoms with Crippen LogP contribution >= 0.6 is 15.9 Å². The van der Waals surface area contributed by atoms with Gasteiger partial charge in [0.2, 0.25) is 0 Å². The van der Waals surface area contributed by atoms with Crippen molar-refractivity contribution < 1.29 is 9.53 Å². The molecule has 1 aromatic carbocycles. The van der Waals surface area contributed by atoms with Crippen LogP contribution in [0.25, 0.3) is 0 Å². The molecule has 0 bridgehead atoms. The Morgan fingerprint density at radius 3 is 2.61 bits per heavy atom. The molecule has 0 aliphatic carbocycles. The van der Waals surface area contributed by atoms with Gasteiger partial charge in [0.1, 0.15) is 11.5 Å². The summed E-state index contributed by atoms with van der Waals surface area (Å²) in [7, 11) is 1.62. The minimum atomic E-state index is -0.424. The van der Waals surface area contributed by atoms with Crippen LogP contribution < -0.4 is 10.5 Å². The standard InChI is InChI=1S/C14H20BrNO2/c1-4-14(2,9-16)13(17)8-10-5-6-12(18-3)11(15)7-10/h5-7H,4,8-9,16H2,1-3H3. The number of ether oxygens (including phenoxy) is 1. The fourth-order valence-electron chi connectivity index (χ4n) is 1.67. The van der Waals surface area contributed by atoms with Crippen molar-refractivity contribution in [1.82, 2.24) is 0 Å². The SMILES string of the molecule is CCC(C)(CN)C(=O)Cc1ccc(OC)c(Br)c1. The number of ketones is 1. The van der Waals surface area contributed by atoms with Crippen LogP contribution in [0.4, 0.5) is 0 Å². The molecule has 2 N–H and O–H groups in total. The van der Waals surface area contributed by atoms with Gasteiger partial charge in [-0.2, -0.15) is 0 Å². The summed E-state index contributed by atoms with van der Waals surface area (Å²) in [5.74, 6) is 0.952. The number of carbonyl (C=O) groups is 1. The van der Waals surface area contributed by atoms with Crippen LogP contribution in [-0.2, 0) is 11.2 Å². The van der Waals surface area contributed by atoms with Gasteiger partial charge in [-0.05, 0) is 40.0 Å². The Hall–Kier alpha value is -0.870. The lowest BCUT2D eigenvalue weighted by atomic mass is 9.80. The van der Waals surface area contributed by atoms with Crippen molar-refractivity contribution in [1.29, 1.82) is 0 Å². The Morgan fingerprint density at radius 2 is 2.17 bits per heavy atom. The number of rotatable bonds is 6. The molecule has 100 valence electrons. The number of Topliss-reactive ketones (excluding diaryl/α,β-unsaturated/α-hetero) is 1. The first-order valence-electron chi connectivity index (χ1n) is 6.02. The lowest BCUT2D eigenvalue weighted by Crippen LogP contribution is -2.36. The first-order chi connectivity index (χ1) is 8.46. The van der Waals surface area contributed by atoms with E-state index in [0.717, 1.165) is 22.2 Å². The van der Waals surface area contributed by atoms with E-state index in [1.54, 1.807) is 7.11 Å². The largest absolute Gasteiger partial charge is 0.496 e. The maximum Gasteiger partial charge on any atom is 0.144 e. The summed E-state index contributed by atoms with van der Waals surface area (Å²) in [4.78, 5) is 12.2. The first kappa shape index (κ1) is 15.2. The van der Waals surface area contributed by atoms with Crippen molar-refractivity contribution in [2.75, 3.05) is 13.7 Å². The normalized spacial score (nSPS) is 14.1. The van der Waals surface area contributed by atoms with Crippen LogP contribution in [0.2, 0.25) is 0 Å². The highest BCUT2D eigenvalue weighted by Gasteiger charge is 2.29. The summed E-state index contributed by atoms with van der Waals surface area (Å²) in [6.07, 6.45) is 1.17. The Bertz CT molecular complexity index is 428. The smallest absolute Gasteiger partial charge is 0.144 e. The molecule has 1 unspecified atom stereocenters. The minimum absolute atomic E-state index is 0.185. The van der Waals surface area contributed by atoms with Gasteiger partial charge in [0, 0.05) is 18.4 Å². The van der Waals surface area contributed by atoms with Crippen LogP contribution in [0.3, 0.4) is 0 Å². The maximum absolute atomic E-state index is 12.2. The number of hydrogen-bond donors (Lipinski definition) is 1. The summed E-state index contributed by atoms with van der Waals surface area (Å²) in [6.45, 7) is 4.31. The monoisotopic (exact) mass is 313 g/mol. The van der Waals surface area contributed by atoms with Gasteiger partial charge in [-0.1, -0.05) is 19.9 Å². The van der Waals surface area contributed by atoms with Crippen LogP contribution in [-0.4, -0.2) is 19.4 Å². The highest BCUT2D eigenvalue weighted by molar-refractivity contribution is 9.10. The summed E-state index contributed by atoms with van der Waals surface area (Å²) in [6, 6.07) is 5.69. The van der Waals surface area contributed by atoms with Crippen molar-refractivity contribution in [2.24, 2.45) is 11.1 Å². The third-order valence-electron chi connectivity index (χ3n) is 3.48. The van der Waals surface area contributed by atoms with Crippen LogP contribution in [0, 0.1) is 5.41 Å². The fraction of sp³-hybridized carbons (Fsp3) is 0.500. The molecule has 0 saturated heterocycles. The van der Waals surface area contributed by atoms with E-state index in [2.05, 4.69) is 15.9 Å². The zero-order chi connectivity index (χ0) is 13.8. The topological polar surface area (TPSA) is 52.3 Å². The van der Waals surface area contributed by atoms with E-state index < -0.39 is 5.41 Å². The quantitative estimate of drug-likeness (QED) is 0.878. The summed E-state index contributed by atoms with van der Waals surface area (Å²) in [5.41, 5.74) is 6.25. The highest BCUT2D eigenvalue weighted by atomic mass is 79.9. The maximum atomic E-state index is 12.2. The molecule has 4 heteroatoms. The number of methoxy groups -OCH3 is 1. The molecule has 0 amide bonds. The molecule has 0 saturated carbocycles. The molecule has 0 aliphatic heterocycles. The molecule has 0 spiro atoms. The Labute approximate surface area is 117 Å². The fourth-order valence-corrected chi connectivity index (χ4v) is 2.26. The predicted molar refractivity (Wildman–Crippen MR) is 76.9 cm³/mol. The third kappa shape index (κ3) is 3.33. The Morgan fingerprint density at radius 1 is 1.50 bits per heavy atom. The molecular weight excluding hydrogens is 294 g/mol. The second kappa shape index (κ2) is 6.34. The molecule has 18 heavy (non-hydrogen) atoms. The second-order valence-corrected chi connectivity index (χ2v) is 5.54. The van der Waals surface area contributed by atoms with E-state index >= 15 is 0 Å². The first-order valence-corrected chi connectivity index (χ1v) is 6.82. The van der Waals surface area contributed by atoms with E-state index in [1.165, 1.54) is 0 Å². The lowest BCUT2D eigenvalue weighted by molar-refractivity contribution is -0.126. The van der Waals surface area contributed by atoms with Gasteiger partial charge < -0.3 is 10.5 Å². The molecule has 0 heterocycles. The zero-order valence-corrected chi connectivity index (χ0v) is 12.7. The van der Waals surface area contributed by atoms with Gasteiger partial charge in [0.15, 0.2) is 0 Å². The lowest BCUT2D eigenvalue weighted by Gasteiger charge is -2.24. The molecular formula is C14H20BrNO2. The van der Waals surface area contributed by atoms with Gasteiger partial charge in [-0.25, -0.2) is 0 Å². The summed E-state index contributed by atoms with van der Waals surface area (Å²) >= 11 is 3.42. The number of benzene rings is 1. The van der Waals surface area contributed by atoms with E-state index in [1.807, 2.05) is 32.0 Å². The number of nitrogens with two attached hydrogens (primary N) is 1. The number of carbonyl (C=O) groups excluding carboxylic acids is 1. The van der Waals surface area contributed by atoms with Gasteiger partial charge in [-0.15, -0.1) is 0 Å². The molecule has 0 aromatic heterocycles.